The van der Waals surface area contributed by atoms with Crippen molar-refractivity contribution in [3.8, 4) is 0 Å². The van der Waals surface area contributed by atoms with E-state index < -0.39 is 0 Å². The lowest BCUT2D eigenvalue weighted by Crippen LogP contribution is -1.92. The normalized spacial score (nSPS) is 18.1. The van der Waals surface area contributed by atoms with Crippen LogP contribution in [0.2, 0.25) is 0 Å². The fourth-order valence-corrected chi connectivity index (χ4v) is 2.54. The first-order valence-corrected chi connectivity index (χ1v) is 6.52. The van der Waals surface area contributed by atoms with Gasteiger partial charge in [0.1, 0.15) is 5.76 Å². The summed E-state index contributed by atoms with van der Waals surface area (Å²) in [5, 5.41) is 10.2. The maximum Gasteiger partial charge on any atom is 0.123 e. The zero-order valence-corrected chi connectivity index (χ0v) is 10.9. The monoisotopic (exact) mass is 248 g/mol. The summed E-state index contributed by atoms with van der Waals surface area (Å²) in [6.07, 6.45) is 4.03. The third-order valence-electron chi connectivity index (χ3n) is 3.66. The van der Waals surface area contributed by atoms with Crippen LogP contribution in [0.4, 0.5) is 0 Å². The van der Waals surface area contributed by atoms with E-state index in [0.29, 0.717) is 11.7 Å². The third kappa shape index (κ3) is 2.19. The van der Waals surface area contributed by atoms with Crippen molar-refractivity contribution in [2.75, 3.05) is 0 Å². The quantitative estimate of drug-likeness (QED) is 0.758. The number of rotatable bonds is 2. The highest BCUT2D eigenvalue weighted by atomic mass is 16.3. The standard InChI is InChI=1S/C18H16O/c1-13-16(11-15-9-5-6-10-17(13)15)12-18(19)14-7-3-2-4-8-14/h2-13,19H,1H3/b18-12+. The van der Waals surface area contributed by atoms with E-state index >= 15 is 0 Å². The molecule has 0 bridgehead atoms. The molecule has 1 atom stereocenters. The van der Waals surface area contributed by atoms with E-state index in [0.717, 1.165) is 11.1 Å². The van der Waals surface area contributed by atoms with Gasteiger partial charge in [-0.1, -0.05) is 67.6 Å². The smallest absolute Gasteiger partial charge is 0.123 e. The average Bonchev–Trinajstić information content (AvgIpc) is 2.77. The van der Waals surface area contributed by atoms with E-state index in [2.05, 4.69) is 31.2 Å². The highest BCUT2D eigenvalue weighted by molar-refractivity contribution is 5.73. The number of benzene rings is 2. The minimum Gasteiger partial charge on any atom is -0.507 e. The molecule has 0 spiro atoms. The van der Waals surface area contributed by atoms with Gasteiger partial charge in [-0.05, 0) is 22.8 Å². The molecule has 1 unspecified atom stereocenters. The van der Waals surface area contributed by atoms with Crippen molar-refractivity contribution in [3.05, 3.63) is 82.9 Å². The molecule has 0 heterocycles. The molecule has 1 N–H and O–H groups in total. The molecular weight excluding hydrogens is 232 g/mol. The van der Waals surface area contributed by atoms with E-state index in [4.69, 9.17) is 0 Å². The number of fused-ring (bicyclic) bond motifs is 1. The van der Waals surface area contributed by atoms with Gasteiger partial charge in [-0.25, -0.2) is 0 Å². The molecule has 1 aliphatic carbocycles. The summed E-state index contributed by atoms with van der Waals surface area (Å²) >= 11 is 0. The first-order valence-electron chi connectivity index (χ1n) is 6.52. The Kier molecular flexibility index (Phi) is 2.96. The van der Waals surface area contributed by atoms with E-state index in [1.807, 2.05) is 42.5 Å². The Bertz CT molecular complexity index is 650. The van der Waals surface area contributed by atoms with Gasteiger partial charge in [-0.3, -0.25) is 0 Å². The second kappa shape index (κ2) is 4.77. The maximum atomic E-state index is 10.2. The predicted molar refractivity (Wildman–Crippen MR) is 79.9 cm³/mol. The molecule has 0 amide bonds. The molecule has 0 radical (unpaired) electrons. The summed E-state index contributed by atoms with van der Waals surface area (Å²) in [5.41, 5.74) is 4.59. The Hall–Kier alpha value is -2.28. The second-order valence-electron chi connectivity index (χ2n) is 4.89. The summed E-state index contributed by atoms with van der Waals surface area (Å²) in [6.45, 7) is 2.17. The average molecular weight is 248 g/mol. The van der Waals surface area contributed by atoms with Gasteiger partial charge in [-0.2, -0.15) is 0 Å². The van der Waals surface area contributed by atoms with Gasteiger partial charge in [0.05, 0.1) is 0 Å². The van der Waals surface area contributed by atoms with Gasteiger partial charge in [-0.15, -0.1) is 0 Å². The Labute approximate surface area is 113 Å². The van der Waals surface area contributed by atoms with E-state index in [-0.39, 0.29) is 0 Å². The molecule has 1 heteroatoms. The van der Waals surface area contributed by atoms with Crippen LogP contribution in [0.25, 0.3) is 11.8 Å². The van der Waals surface area contributed by atoms with Crippen molar-refractivity contribution >= 4 is 11.8 Å². The molecular formula is C18H16O. The van der Waals surface area contributed by atoms with Crippen molar-refractivity contribution in [2.45, 2.75) is 12.8 Å². The van der Waals surface area contributed by atoms with Gasteiger partial charge in [0.2, 0.25) is 0 Å². The van der Waals surface area contributed by atoms with Gasteiger partial charge in [0.25, 0.3) is 0 Å². The lowest BCUT2D eigenvalue weighted by atomic mass is 9.97. The van der Waals surface area contributed by atoms with Gasteiger partial charge < -0.3 is 5.11 Å². The largest absolute Gasteiger partial charge is 0.507 e. The van der Waals surface area contributed by atoms with E-state index in [1.165, 1.54) is 11.1 Å². The third-order valence-corrected chi connectivity index (χ3v) is 3.66. The minimum atomic E-state index is 0.325. The molecule has 0 saturated heterocycles. The number of aliphatic hydroxyl groups is 1. The lowest BCUT2D eigenvalue weighted by molar-refractivity contribution is 0.511. The highest BCUT2D eigenvalue weighted by Gasteiger charge is 2.19. The molecule has 0 saturated carbocycles. The summed E-state index contributed by atoms with van der Waals surface area (Å²) in [5.74, 6) is 0.661. The molecule has 3 rings (SSSR count). The SMILES string of the molecule is CC1C(/C=C(/O)c2ccccc2)=Cc2ccccc21. The summed E-state index contributed by atoms with van der Waals surface area (Å²) in [6, 6.07) is 18.0. The number of aliphatic hydroxyl groups excluding tert-OH is 1. The van der Waals surface area contributed by atoms with Gasteiger partial charge in [0.15, 0.2) is 0 Å². The minimum absolute atomic E-state index is 0.325. The topological polar surface area (TPSA) is 20.2 Å². The molecule has 0 aromatic heterocycles. The fourth-order valence-electron chi connectivity index (χ4n) is 2.54. The number of allylic oxidation sites excluding steroid dienone is 2. The molecule has 2 aromatic carbocycles. The van der Waals surface area contributed by atoms with Crippen molar-refractivity contribution in [1.82, 2.24) is 0 Å². The molecule has 0 fully saturated rings. The summed E-state index contributed by atoms with van der Waals surface area (Å²) in [7, 11) is 0. The molecule has 19 heavy (non-hydrogen) atoms. The van der Waals surface area contributed by atoms with Crippen LogP contribution in [0.15, 0.2) is 66.2 Å². The molecule has 0 aliphatic heterocycles. The van der Waals surface area contributed by atoms with Crippen molar-refractivity contribution < 1.29 is 5.11 Å². The molecule has 2 aromatic rings. The van der Waals surface area contributed by atoms with Crippen LogP contribution in [-0.2, 0) is 0 Å². The first-order chi connectivity index (χ1) is 9.25. The first kappa shape index (κ1) is 11.8. The number of hydrogen-bond donors (Lipinski definition) is 1. The molecule has 1 aliphatic rings. The van der Waals surface area contributed by atoms with Crippen LogP contribution in [0.5, 0.6) is 0 Å². The van der Waals surface area contributed by atoms with Gasteiger partial charge >= 0.3 is 0 Å². The molecule has 1 nitrogen and oxygen atoms in total. The zero-order valence-electron chi connectivity index (χ0n) is 10.9. The summed E-state index contributed by atoms with van der Waals surface area (Å²) < 4.78 is 0. The maximum absolute atomic E-state index is 10.2. The fraction of sp³-hybridized carbons (Fsp3) is 0.111. The van der Waals surface area contributed by atoms with Crippen molar-refractivity contribution in [2.24, 2.45) is 0 Å². The van der Waals surface area contributed by atoms with Crippen LogP contribution in [-0.4, -0.2) is 5.11 Å². The van der Waals surface area contributed by atoms with Crippen LogP contribution in [0, 0.1) is 0 Å². The molecule has 94 valence electrons. The van der Waals surface area contributed by atoms with Crippen LogP contribution in [0.3, 0.4) is 0 Å². The lowest BCUT2D eigenvalue weighted by Gasteiger charge is -2.08. The second-order valence-corrected chi connectivity index (χ2v) is 4.89. The van der Waals surface area contributed by atoms with Crippen LogP contribution >= 0.6 is 0 Å². The van der Waals surface area contributed by atoms with Crippen molar-refractivity contribution in [1.29, 1.82) is 0 Å². The van der Waals surface area contributed by atoms with Gasteiger partial charge in [0, 0.05) is 11.5 Å². The summed E-state index contributed by atoms with van der Waals surface area (Å²) in [4.78, 5) is 0. The van der Waals surface area contributed by atoms with Crippen LogP contribution in [0.1, 0.15) is 29.5 Å². The Morgan fingerprint density at radius 3 is 2.42 bits per heavy atom. The number of hydrogen-bond acceptors (Lipinski definition) is 1. The zero-order chi connectivity index (χ0) is 13.2. The van der Waals surface area contributed by atoms with Crippen LogP contribution < -0.4 is 0 Å². The van der Waals surface area contributed by atoms with E-state index in [9.17, 15) is 5.11 Å². The highest BCUT2D eigenvalue weighted by Crippen LogP contribution is 2.37. The Morgan fingerprint density at radius 1 is 1.00 bits per heavy atom. The predicted octanol–water partition coefficient (Wildman–Crippen LogP) is 4.79. The van der Waals surface area contributed by atoms with Crippen molar-refractivity contribution in [3.63, 3.8) is 0 Å². The Morgan fingerprint density at radius 2 is 1.68 bits per heavy atom. The Balaban J connectivity index is 1.94. The van der Waals surface area contributed by atoms with E-state index in [1.54, 1.807) is 0 Å².